The number of carbonyl (C=O) groups excluding carboxylic acids is 1. The van der Waals surface area contributed by atoms with Gasteiger partial charge in [0.2, 0.25) is 0 Å². The molecule has 0 saturated heterocycles. The van der Waals surface area contributed by atoms with Crippen LogP contribution in [0.5, 0.6) is 5.75 Å². The summed E-state index contributed by atoms with van der Waals surface area (Å²) in [6.45, 7) is 0. The number of aromatic nitrogens is 1. The number of aromatic hydroxyl groups is 1. The first-order valence-corrected chi connectivity index (χ1v) is 3.47. The van der Waals surface area contributed by atoms with Crippen molar-refractivity contribution in [2.24, 2.45) is 0 Å². The summed E-state index contributed by atoms with van der Waals surface area (Å²) in [5.74, 6) is -0.658. The third-order valence-electron chi connectivity index (χ3n) is 1.51. The second kappa shape index (κ2) is 3.79. The number of alkyl halides is 2. The van der Waals surface area contributed by atoms with E-state index in [1.165, 1.54) is 6.07 Å². The van der Waals surface area contributed by atoms with Gasteiger partial charge < -0.3 is 5.11 Å². The van der Waals surface area contributed by atoms with Gasteiger partial charge in [0, 0.05) is 0 Å². The summed E-state index contributed by atoms with van der Waals surface area (Å²) in [7, 11) is 0. The van der Waals surface area contributed by atoms with Crippen molar-refractivity contribution in [3.63, 3.8) is 0 Å². The number of rotatable bonds is 2. The average molecular weight is 198 g/mol. The van der Waals surface area contributed by atoms with Crippen molar-refractivity contribution < 1.29 is 18.7 Å². The maximum atomic E-state index is 12.2. The van der Waals surface area contributed by atoms with E-state index in [9.17, 15) is 13.6 Å². The first-order valence-electron chi connectivity index (χ1n) is 3.47. The van der Waals surface area contributed by atoms with Crippen LogP contribution in [0, 0.1) is 11.3 Å². The zero-order valence-electron chi connectivity index (χ0n) is 6.74. The van der Waals surface area contributed by atoms with E-state index in [0.717, 1.165) is 0 Å². The van der Waals surface area contributed by atoms with Gasteiger partial charge in [0.25, 0.3) is 6.43 Å². The van der Waals surface area contributed by atoms with E-state index in [2.05, 4.69) is 4.98 Å². The second-order valence-electron chi connectivity index (χ2n) is 2.36. The van der Waals surface area contributed by atoms with E-state index in [1.54, 1.807) is 0 Å². The smallest absolute Gasteiger partial charge is 0.266 e. The van der Waals surface area contributed by atoms with Gasteiger partial charge in [0.05, 0.1) is 5.56 Å². The molecule has 6 heteroatoms. The van der Waals surface area contributed by atoms with Gasteiger partial charge in [-0.15, -0.1) is 0 Å². The normalized spacial score (nSPS) is 9.86. The molecule has 0 amide bonds. The molecule has 1 rings (SSSR count). The Morgan fingerprint density at radius 1 is 1.64 bits per heavy atom. The molecular formula is C8H4F2N2O2. The lowest BCUT2D eigenvalue weighted by Crippen LogP contribution is -1.98. The standard InChI is InChI=1S/C8H4F2N2O2/c9-8(10)4-1-7(14)6(3-13)12-5(4)2-11/h1,3,8,14H. The minimum atomic E-state index is -2.91. The Kier molecular flexibility index (Phi) is 2.72. The van der Waals surface area contributed by atoms with Crippen LogP contribution in [0.15, 0.2) is 6.07 Å². The predicted octanol–water partition coefficient (Wildman–Crippen LogP) is 1.41. The van der Waals surface area contributed by atoms with Gasteiger partial charge in [0.1, 0.15) is 23.2 Å². The van der Waals surface area contributed by atoms with Crippen LogP contribution >= 0.6 is 0 Å². The molecule has 0 bridgehead atoms. The molecule has 1 aromatic heterocycles. The lowest BCUT2D eigenvalue weighted by Gasteiger charge is -2.03. The lowest BCUT2D eigenvalue weighted by molar-refractivity contribution is 0.111. The summed E-state index contributed by atoms with van der Waals surface area (Å²) in [5.41, 5.74) is -1.67. The van der Waals surface area contributed by atoms with E-state index in [4.69, 9.17) is 10.4 Å². The van der Waals surface area contributed by atoms with Crippen molar-refractivity contribution in [1.29, 1.82) is 5.26 Å². The summed E-state index contributed by atoms with van der Waals surface area (Å²) >= 11 is 0. The van der Waals surface area contributed by atoms with Crippen molar-refractivity contribution in [3.05, 3.63) is 23.0 Å². The molecule has 0 fully saturated rings. The van der Waals surface area contributed by atoms with Gasteiger partial charge in [-0.05, 0) is 6.07 Å². The van der Waals surface area contributed by atoms with Gasteiger partial charge in [-0.25, -0.2) is 13.8 Å². The van der Waals surface area contributed by atoms with E-state index < -0.39 is 29.1 Å². The predicted molar refractivity (Wildman–Crippen MR) is 41.0 cm³/mol. The highest BCUT2D eigenvalue weighted by Crippen LogP contribution is 2.26. The lowest BCUT2D eigenvalue weighted by atomic mass is 10.2. The fraction of sp³-hybridized carbons (Fsp3) is 0.125. The molecule has 1 heterocycles. The van der Waals surface area contributed by atoms with E-state index in [-0.39, 0.29) is 6.29 Å². The summed E-state index contributed by atoms with van der Waals surface area (Å²) in [5, 5.41) is 17.5. The van der Waals surface area contributed by atoms with Crippen LogP contribution in [0.1, 0.15) is 28.2 Å². The molecule has 4 nitrogen and oxygen atoms in total. The number of aldehydes is 1. The second-order valence-corrected chi connectivity index (χ2v) is 2.36. The van der Waals surface area contributed by atoms with Crippen LogP contribution < -0.4 is 0 Å². The van der Waals surface area contributed by atoms with Crippen LogP contribution in [0.4, 0.5) is 8.78 Å². The Morgan fingerprint density at radius 2 is 2.29 bits per heavy atom. The van der Waals surface area contributed by atoms with Gasteiger partial charge in [-0.1, -0.05) is 0 Å². The van der Waals surface area contributed by atoms with Crippen LogP contribution in [0.2, 0.25) is 0 Å². The molecule has 0 saturated carbocycles. The maximum Gasteiger partial charge on any atom is 0.266 e. The van der Waals surface area contributed by atoms with Gasteiger partial charge in [-0.3, -0.25) is 4.79 Å². The molecule has 0 atom stereocenters. The van der Waals surface area contributed by atoms with Crippen molar-refractivity contribution in [2.75, 3.05) is 0 Å². The van der Waals surface area contributed by atoms with Crippen molar-refractivity contribution in [2.45, 2.75) is 6.43 Å². The first kappa shape index (κ1) is 10.1. The maximum absolute atomic E-state index is 12.2. The molecule has 0 radical (unpaired) electrons. The molecule has 0 aliphatic rings. The molecule has 0 aliphatic heterocycles. The van der Waals surface area contributed by atoms with E-state index in [1.807, 2.05) is 0 Å². The average Bonchev–Trinajstić information content (AvgIpc) is 2.17. The summed E-state index contributed by atoms with van der Waals surface area (Å²) in [6, 6.07) is 2.08. The third kappa shape index (κ3) is 1.66. The Hall–Kier alpha value is -2.03. The molecule has 0 aromatic carbocycles. The molecule has 72 valence electrons. The third-order valence-corrected chi connectivity index (χ3v) is 1.51. The molecule has 0 unspecified atom stereocenters. The highest BCUT2D eigenvalue weighted by atomic mass is 19.3. The quantitative estimate of drug-likeness (QED) is 0.729. The number of pyridine rings is 1. The first-order chi connectivity index (χ1) is 6.60. The minimum absolute atomic E-state index is 0.186. The minimum Gasteiger partial charge on any atom is -0.506 e. The molecule has 1 N–H and O–H groups in total. The van der Waals surface area contributed by atoms with E-state index >= 15 is 0 Å². The van der Waals surface area contributed by atoms with Crippen molar-refractivity contribution in [3.8, 4) is 11.8 Å². The summed E-state index contributed by atoms with van der Waals surface area (Å²) in [4.78, 5) is 13.5. The zero-order chi connectivity index (χ0) is 10.7. The van der Waals surface area contributed by atoms with Crippen LogP contribution in [-0.4, -0.2) is 16.4 Å². The summed E-state index contributed by atoms with van der Waals surface area (Å²) in [6.07, 6.45) is -2.73. The topological polar surface area (TPSA) is 74.0 Å². The fourth-order valence-corrected chi connectivity index (χ4v) is 0.874. The highest BCUT2D eigenvalue weighted by molar-refractivity contribution is 5.76. The summed E-state index contributed by atoms with van der Waals surface area (Å²) < 4.78 is 24.5. The largest absolute Gasteiger partial charge is 0.506 e. The number of hydrogen-bond donors (Lipinski definition) is 1. The van der Waals surface area contributed by atoms with Gasteiger partial charge >= 0.3 is 0 Å². The number of carbonyl (C=O) groups is 1. The Labute approximate surface area is 77.4 Å². The van der Waals surface area contributed by atoms with Crippen LogP contribution in [-0.2, 0) is 0 Å². The van der Waals surface area contributed by atoms with Crippen molar-refractivity contribution >= 4 is 6.29 Å². The zero-order valence-corrected chi connectivity index (χ0v) is 6.74. The number of nitrogens with zero attached hydrogens (tertiary/aromatic N) is 2. The SMILES string of the molecule is N#Cc1nc(C=O)c(O)cc1C(F)F. The monoisotopic (exact) mass is 198 g/mol. The van der Waals surface area contributed by atoms with Gasteiger partial charge in [-0.2, -0.15) is 5.26 Å². The fourth-order valence-electron chi connectivity index (χ4n) is 0.874. The Bertz CT molecular complexity index is 413. The van der Waals surface area contributed by atoms with Crippen molar-refractivity contribution in [1.82, 2.24) is 4.98 Å². The number of halogens is 2. The molecular weight excluding hydrogens is 194 g/mol. The Morgan fingerprint density at radius 3 is 2.71 bits per heavy atom. The number of hydrogen-bond acceptors (Lipinski definition) is 4. The highest BCUT2D eigenvalue weighted by Gasteiger charge is 2.17. The molecule has 0 aliphatic carbocycles. The molecule has 14 heavy (non-hydrogen) atoms. The van der Waals surface area contributed by atoms with Crippen LogP contribution in [0.3, 0.4) is 0 Å². The van der Waals surface area contributed by atoms with Crippen LogP contribution in [0.25, 0.3) is 0 Å². The Balaban J connectivity index is 3.40. The molecule has 1 aromatic rings. The van der Waals surface area contributed by atoms with Gasteiger partial charge in [0.15, 0.2) is 6.29 Å². The molecule has 0 spiro atoms. The number of nitriles is 1. The van der Waals surface area contributed by atoms with E-state index in [0.29, 0.717) is 6.07 Å².